The molecule has 1 saturated carbocycles. The van der Waals surface area contributed by atoms with Gasteiger partial charge in [-0.3, -0.25) is 0 Å². The molecule has 1 aromatic carbocycles. The predicted molar refractivity (Wildman–Crippen MR) is 90.5 cm³/mol. The summed E-state index contributed by atoms with van der Waals surface area (Å²) < 4.78 is 0. The zero-order valence-corrected chi connectivity index (χ0v) is 13.8. The van der Waals surface area contributed by atoms with Crippen molar-refractivity contribution < 1.29 is 0 Å². The third-order valence-electron chi connectivity index (χ3n) is 6.29. The molecule has 1 aromatic rings. The summed E-state index contributed by atoms with van der Waals surface area (Å²) in [5, 5.41) is 3.66. The van der Waals surface area contributed by atoms with Crippen molar-refractivity contribution in [1.29, 1.82) is 0 Å². The second kappa shape index (κ2) is 6.52. The Hall–Kier alpha value is -0.820. The quantitative estimate of drug-likeness (QED) is 0.807. The van der Waals surface area contributed by atoms with Crippen molar-refractivity contribution in [2.75, 3.05) is 13.1 Å². The molecule has 2 fully saturated rings. The smallest absolute Gasteiger partial charge is 0.00255 e. The lowest BCUT2D eigenvalue weighted by atomic mass is 9.63. The van der Waals surface area contributed by atoms with Crippen LogP contribution in [-0.2, 0) is 0 Å². The van der Waals surface area contributed by atoms with E-state index in [2.05, 4.69) is 49.5 Å². The van der Waals surface area contributed by atoms with Gasteiger partial charge in [-0.15, -0.1) is 0 Å². The van der Waals surface area contributed by atoms with Gasteiger partial charge in [0.15, 0.2) is 0 Å². The van der Waals surface area contributed by atoms with Gasteiger partial charge in [0.1, 0.15) is 0 Å². The Morgan fingerprint density at radius 3 is 2.62 bits per heavy atom. The van der Waals surface area contributed by atoms with Gasteiger partial charge in [-0.2, -0.15) is 0 Å². The molecule has 2 aliphatic rings. The Kier molecular flexibility index (Phi) is 4.69. The van der Waals surface area contributed by atoms with Crippen molar-refractivity contribution in [3.05, 3.63) is 35.9 Å². The highest BCUT2D eigenvalue weighted by molar-refractivity contribution is 5.24. The maximum atomic E-state index is 3.66. The van der Waals surface area contributed by atoms with Crippen LogP contribution in [0, 0.1) is 17.3 Å². The van der Waals surface area contributed by atoms with E-state index >= 15 is 0 Å². The number of hydrogen-bond donors (Lipinski definition) is 1. The predicted octanol–water partition coefficient (Wildman–Crippen LogP) is 4.99. The number of rotatable bonds is 2. The largest absolute Gasteiger partial charge is 0.316 e. The van der Waals surface area contributed by atoms with Gasteiger partial charge >= 0.3 is 0 Å². The summed E-state index contributed by atoms with van der Waals surface area (Å²) in [5.41, 5.74) is 2.13. The summed E-state index contributed by atoms with van der Waals surface area (Å²) in [5.74, 6) is 2.53. The van der Waals surface area contributed by atoms with Crippen molar-refractivity contribution in [3.63, 3.8) is 0 Å². The van der Waals surface area contributed by atoms with Crippen molar-refractivity contribution in [2.24, 2.45) is 17.3 Å². The van der Waals surface area contributed by atoms with E-state index in [1.165, 1.54) is 51.6 Å². The molecule has 1 heteroatoms. The fourth-order valence-corrected chi connectivity index (χ4v) is 4.85. The van der Waals surface area contributed by atoms with Crippen LogP contribution in [0.25, 0.3) is 0 Å². The molecule has 0 radical (unpaired) electrons. The van der Waals surface area contributed by atoms with Crippen LogP contribution in [0.15, 0.2) is 30.3 Å². The first-order valence-corrected chi connectivity index (χ1v) is 8.97. The molecule has 1 aliphatic carbocycles. The first-order chi connectivity index (χ1) is 10.2. The summed E-state index contributed by atoms with van der Waals surface area (Å²) in [6.07, 6.45) is 8.59. The second-order valence-corrected chi connectivity index (χ2v) is 7.71. The Balaban J connectivity index is 1.83. The molecule has 1 aliphatic heterocycles. The minimum atomic E-state index is 0.566. The Morgan fingerprint density at radius 1 is 1.05 bits per heavy atom. The van der Waals surface area contributed by atoms with Gasteiger partial charge in [0.2, 0.25) is 0 Å². The fraction of sp³-hybridized carbons (Fsp3) is 0.700. The second-order valence-electron chi connectivity index (χ2n) is 7.71. The van der Waals surface area contributed by atoms with Crippen LogP contribution in [-0.4, -0.2) is 13.1 Å². The van der Waals surface area contributed by atoms with Crippen LogP contribution >= 0.6 is 0 Å². The first-order valence-electron chi connectivity index (χ1n) is 8.97. The molecule has 116 valence electrons. The van der Waals surface area contributed by atoms with Gasteiger partial charge in [0.05, 0.1) is 0 Å². The Bertz CT molecular complexity index is 438. The summed E-state index contributed by atoms with van der Waals surface area (Å²) >= 11 is 0. The summed E-state index contributed by atoms with van der Waals surface area (Å²) in [6, 6.07) is 11.3. The summed E-state index contributed by atoms with van der Waals surface area (Å²) in [4.78, 5) is 0. The molecule has 0 aromatic heterocycles. The summed E-state index contributed by atoms with van der Waals surface area (Å²) in [7, 11) is 0. The number of benzene rings is 1. The number of piperidine rings is 1. The minimum absolute atomic E-state index is 0.566. The van der Waals surface area contributed by atoms with E-state index in [4.69, 9.17) is 0 Å². The molecule has 1 saturated heterocycles. The Morgan fingerprint density at radius 2 is 1.86 bits per heavy atom. The highest BCUT2D eigenvalue weighted by Crippen LogP contribution is 2.51. The zero-order valence-electron chi connectivity index (χ0n) is 13.8. The van der Waals surface area contributed by atoms with E-state index in [0.717, 1.165) is 17.8 Å². The third kappa shape index (κ3) is 3.18. The molecule has 1 heterocycles. The van der Waals surface area contributed by atoms with Crippen LogP contribution in [0.4, 0.5) is 0 Å². The lowest BCUT2D eigenvalue weighted by Crippen LogP contribution is -2.43. The van der Waals surface area contributed by atoms with Crippen LogP contribution < -0.4 is 5.32 Å². The van der Waals surface area contributed by atoms with Gasteiger partial charge in [0, 0.05) is 12.5 Å². The van der Waals surface area contributed by atoms with Gasteiger partial charge < -0.3 is 5.32 Å². The number of hydrogen-bond acceptors (Lipinski definition) is 1. The fourth-order valence-electron chi connectivity index (χ4n) is 4.85. The molecule has 1 nitrogen and oxygen atoms in total. The highest BCUT2D eigenvalue weighted by atomic mass is 14.9. The molecule has 1 spiro atoms. The molecular formula is C20H31N. The van der Waals surface area contributed by atoms with Crippen LogP contribution in [0.1, 0.15) is 63.9 Å². The van der Waals surface area contributed by atoms with E-state index in [-0.39, 0.29) is 0 Å². The average Bonchev–Trinajstić information content (AvgIpc) is 2.72. The van der Waals surface area contributed by atoms with Crippen molar-refractivity contribution in [2.45, 2.75) is 58.3 Å². The zero-order chi connectivity index (χ0) is 14.7. The normalized spacial score (nSPS) is 34.0. The molecule has 3 unspecified atom stereocenters. The van der Waals surface area contributed by atoms with Crippen LogP contribution in [0.2, 0.25) is 0 Å². The van der Waals surface area contributed by atoms with E-state index in [1.54, 1.807) is 5.56 Å². The molecule has 3 rings (SSSR count). The maximum Gasteiger partial charge on any atom is 0.00255 e. The Labute approximate surface area is 130 Å². The van der Waals surface area contributed by atoms with Gasteiger partial charge in [-0.05, 0) is 55.0 Å². The van der Waals surface area contributed by atoms with E-state index in [9.17, 15) is 0 Å². The van der Waals surface area contributed by atoms with Crippen molar-refractivity contribution >= 4 is 0 Å². The third-order valence-corrected chi connectivity index (χ3v) is 6.29. The molecular weight excluding hydrogens is 254 g/mol. The standard InChI is InChI=1S/C20H31N/c1-16(2)17-9-6-11-20(12-10-17)13-14-21-15-19(20)18-7-4-3-5-8-18/h3-5,7-8,16-17,19,21H,6,9-15H2,1-2H3. The van der Waals surface area contributed by atoms with Gasteiger partial charge in [-0.25, -0.2) is 0 Å². The van der Waals surface area contributed by atoms with Crippen molar-refractivity contribution in [3.8, 4) is 0 Å². The topological polar surface area (TPSA) is 12.0 Å². The number of nitrogens with one attached hydrogen (secondary N) is 1. The molecule has 3 atom stereocenters. The van der Waals surface area contributed by atoms with Crippen LogP contribution in [0.3, 0.4) is 0 Å². The van der Waals surface area contributed by atoms with Gasteiger partial charge in [-0.1, -0.05) is 57.0 Å². The van der Waals surface area contributed by atoms with E-state index in [1.807, 2.05) is 0 Å². The minimum Gasteiger partial charge on any atom is -0.316 e. The van der Waals surface area contributed by atoms with Crippen LogP contribution in [0.5, 0.6) is 0 Å². The first kappa shape index (κ1) is 15.1. The molecule has 0 amide bonds. The lowest BCUT2D eigenvalue weighted by Gasteiger charge is -2.45. The molecule has 1 N–H and O–H groups in total. The SMILES string of the molecule is CC(C)C1CCCC2(CCNCC2c2ccccc2)CC1. The lowest BCUT2D eigenvalue weighted by molar-refractivity contribution is 0.133. The summed E-state index contributed by atoms with van der Waals surface area (Å²) in [6.45, 7) is 7.23. The van der Waals surface area contributed by atoms with Crippen molar-refractivity contribution in [1.82, 2.24) is 5.32 Å². The molecule has 0 bridgehead atoms. The maximum absolute atomic E-state index is 3.66. The molecule has 21 heavy (non-hydrogen) atoms. The highest BCUT2D eigenvalue weighted by Gasteiger charge is 2.42. The monoisotopic (exact) mass is 285 g/mol. The average molecular weight is 285 g/mol. The van der Waals surface area contributed by atoms with Gasteiger partial charge in [0.25, 0.3) is 0 Å². The van der Waals surface area contributed by atoms with E-state index < -0.39 is 0 Å². The van der Waals surface area contributed by atoms with E-state index in [0.29, 0.717) is 5.41 Å².